The molecule has 1 unspecified atom stereocenters. The topological polar surface area (TPSA) is 140 Å². The van der Waals surface area contributed by atoms with Gasteiger partial charge in [-0.15, -0.1) is 0 Å². The van der Waals surface area contributed by atoms with Crippen molar-refractivity contribution < 1.29 is 9.59 Å². The molecule has 0 bridgehead atoms. The van der Waals surface area contributed by atoms with Crippen LogP contribution in [0, 0.1) is 5.92 Å². The Bertz CT molecular complexity index is 1440. The maximum absolute atomic E-state index is 13.5. The molecule has 1 aliphatic carbocycles. The van der Waals surface area contributed by atoms with E-state index in [1.54, 1.807) is 30.5 Å². The number of halogens is 1. The number of primary amides is 1. The Morgan fingerprint density at radius 1 is 1.11 bits per heavy atom. The van der Waals surface area contributed by atoms with Gasteiger partial charge < -0.3 is 21.8 Å². The summed E-state index contributed by atoms with van der Waals surface area (Å²) in [6.45, 7) is 0. The Hall–Kier alpha value is -4.17. The van der Waals surface area contributed by atoms with Gasteiger partial charge in [-0.2, -0.15) is 0 Å². The summed E-state index contributed by atoms with van der Waals surface area (Å²) in [6, 6.07) is 18.2. The SMILES string of the molecule is NC(=O)c1ccc(-c2nc([C@H](Cc3ccccc3)NC(=O)C3CCc4c(ccnc4N)C3)[nH]c2Cl)cc1. The fraction of sp³-hybridized carbons (Fsp3) is 0.214. The van der Waals surface area contributed by atoms with Crippen molar-refractivity contribution in [3.63, 3.8) is 0 Å². The van der Waals surface area contributed by atoms with E-state index in [2.05, 4.69) is 15.3 Å². The molecule has 2 atom stereocenters. The quantitative estimate of drug-likeness (QED) is 0.295. The fourth-order valence-electron chi connectivity index (χ4n) is 4.81. The summed E-state index contributed by atoms with van der Waals surface area (Å²) >= 11 is 6.54. The number of amides is 2. The van der Waals surface area contributed by atoms with Crippen LogP contribution in [0.5, 0.6) is 0 Å². The second-order valence-electron chi connectivity index (χ2n) is 9.25. The lowest BCUT2D eigenvalue weighted by Gasteiger charge is -2.26. The molecule has 0 aliphatic heterocycles. The van der Waals surface area contributed by atoms with Crippen molar-refractivity contribution in [2.75, 3.05) is 5.73 Å². The first-order chi connectivity index (χ1) is 17.9. The molecular weight excluding hydrogens is 488 g/mol. The number of pyridine rings is 1. The Kier molecular flexibility index (Phi) is 6.92. The number of fused-ring (bicyclic) bond motifs is 1. The molecule has 2 heterocycles. The Morgan fingerprint density at radius 2 is 1.86 bits per heavy atom. The highest BCUT2D eigenvalue weighted by atomic mass is 35.5. The number of H-pyrrole nitrogens is 1. The first kappa shape index (κ1) is 24.5. The first-order valence-electron chi connectivity index (χ1n) is 12.1. The van der Waals surface area contributed by atoms with Gasteiger partial charge in [0.25, 0.3) is 0 Å². The van der Waals surface area contributed by atoms with Crippen LogP contribution in [0.2, 0.25) is 5.15 Å². The van der Waals surface area contributed by atoms with E-state index < -0.39 is 11.9 Å². The molecule has 1 aliphatic rings. The van der Waals surface area contributed by atoms with Gasteiger partial charge in [0.1, 0.15) is 22.5 Å². The highest BCUT2D eigenvalue weighted by molar-refractivity contribution is 6.31. The minimum atomic E-state index is -0.504. The molecule has 2 aromatic carbocycles. The highest BCUT2D eigenvalue weighted by Gasteiger charge is 2.29. The van der Waals surface area contributed by atoms with E-state index in [-0.39, 0.29) is 11.8 Å². The maximum Gasteiger partial charge on any atom is 0.248 e. The molecule has 0 radical (unpaired) electrons. The van der Waals surface area contributed by atoms with Gasteiger partial charge in [-0.05, 0) is 60.6 Å². The van der Waals surface area contributed by atoms with E-state index >= 15 is 0 Å². The predicted octanol–water partition coefficient (Wildman–Crippen LogP) is 4.01. The number of carbonyl (C=O) groups is 2. The number of aromatic amines is 1. The third-order valence-electron chi connectivity index (χ3n) is 6.82. The number of nitrogens with two attached hydrogens (primary N) is 2. The van der Waals surface area contributed by atoms with Gasteiger partial charge in [0.15, 0.2) is 0 Å². The van der Waals surface area contributed by atoms with Gasteiger partial charge in [-0.25, -0.2) is 9.97 Å². The molecule has 5 rings (SSSR count). The fourth-order valence-corrected chi connectivity index (χ4v) is 5.06. The van der Waals surface area contributed by atoms with E-state index in [9.17, 15) is 9.59 Å². The van der Waals surface area contributed by atoms with Gasteiger partial charge in [0.05, 0.1) is 6.04 Å². The number of aromatic nitrogens is 3. The van der Waals surface area contributed by atoms with Crippen molar-refractivity contribution in [1.82, 2.24) is 20.3 Å². The predicted molar refractivity (Wildman–Crippen MR) is 143 cm³/mol. The molecule has 2 aromatic heterocycles. The smallest absolute Gasteiger partial charge is 0.248 e. The summed E-state index contributed by atoms with van der Waals surface area (Å²) in [7, 11) is 0. The Morgan fingerprint density at radius 3 is 2.59 bits per heavy atom. The molecule has 2 amide bonds. The van der Waals surface area contributed by atoms with Crippen molar-refractivity contribution in [1.29, 1.82) is 0 Å². The van der Waals surface area contributed by atoms with Crippen LogP contribution in [0.3, 0.4) is 0 Å². The zero-order chi connectivity index (χ0) is 25.9. The van der Waals surface area contributed by atoms with Crippen LogP contribution in [-0.2, 0) is 24.1 Å². The summed E-state index contributed by atoms with van der Waals surface area (Å²) in [5, 5.41) is 3.56. The maximum atomic E-state index is 13.5. The number of nitrogens with one attached hydrogen (secondary N) is 2. The van der Waals surface area contributed by atoms with Crippen LogP contribution >= 0.6 is 11.6 Å². The van der Waals surface area contributed by atoms with Gasteiger partial charge >= 0.3 is 0 Å². The number of benzene rings is 2. The van der Waals surface area contributed by atoms with E-state index in [1.807, 2.05) is 36.4 Å². The van der Waals surface area contributed by atoms with E-state index in [1.165, 1.54) is 0 Å². The van der Waals surface area contributed by atoms with Crippen molar-refractivity contribution in [3.8, 4) is 11.3 Å². The largest absolute Gasteiger partial charge is 0.383 e. The summed E-state index contributed by atoms with van der Waals surface area (Å²) in [6.07, 6.45) is 4.26. The average Bonchev–Trinajstić information content (AvgIpc) is 3.30. The van der Waals surface area contributed by atoms with E-state index in [4.69, 9.17) is 28.1 Å². The lowest BCUT2D eigenvalue weighted by Crippen LogP contribution is -2.38. The van der Waals surface area contributed by atoms with Crippen molar-refractivity contribution in [3.05, 3.63) is 100 Å². The molecule has 0 saturated carbocycles. The number of anilines is 1. The summed E-state index contributed by atoms with van der Waals surface area (Å²) in [4.78, 5) is 37.0. The van der Waals surface area contributed by atoms with Crippen LogP contribution in [0.4, 0.5) is 5.82 Å². The van der Waals surface area contributed by atoms with Gasteiger partial charge in [0.2, 0.25) is 11.8 Å². The zero-order valence-corrected chi connectivity index (χ0v) is 20.8. The van der Waals surface area contributed by atoms with E-state index in [0.29, 0.717) is 53.7 Å². The first-order valence-corrected chi connectivity index (χ1v) is 12.5. The molecule has 6 N–H and O–H groups in total. The van der Waals surface area contributed by atoms with Crippen molar-refractivity contribution in [2.24, 2.45) is 11.7 Å². The molecule has 9 heteroatoms. The standard InChI is InChI=1S/C28H27ClN6O2/c29-24-23(17-6-8-18(9-7-17)26(31)36)34-27(35-24)22(14-16-4-2-1-3-5-16)33-28(37)20-10-11-21-19(15-20)12-13-32-25(21)30/h1-9,12-13,20,22H,10-11,14-15H2,(H2,30,32)(H2,31,36)(H,33,37)(H,34,35)/t20?,22-/m0/s1. The molecule has 188 valence electrons. The number of nitrogens with zero attached hydrogens (tertiary/aromatic N) is 2. The third kappa shape index (κ3) is 5.34. The lowest BCUT2D eigenvalue weighted by atomic mass is 9.83. The molecule has 8 nitrogen and oxygen atoms in total. The number of hydrogen-bond acceptors (Lipinski definition) is 5. The molecule has 0 saturated heterocycles. The van der Waals surface area contributed by atoms with Crippen LogP contribution in [0.25, 0.3) is 11.3 Å². The molecular formula is C28H27ClN6O2. The molecule has 0 spiro atoms. The van der Waals surface area contributed by atoms with Gasteiger partial charge in [-0.1, -0.05) is 54.1 Å². The van der Waals surface area contributed by atoms with Crippen LogP contribution < -0.4 is 16.8 Å². The summed E-state index contributed by atoms with van der Waals surface area (Å²) in [5.41, 5.74) is 16.2. The normalized spacial score (nSPS) is 15.5. The highest BCUT2D eigenvalue weighted by Crippen LogP contribution is 2.31. The minimum Gasteiger partial charge on any atom is -0.383 e. The molecule has 37 heavy (non-hydrogen) atoms. The average molecular weight is 515 g/mol. The van der Waals surface area contributed by atoms with Gasteiger partial charge in [0, 0.05) is 23.2 Å². The zero-order valence-electron chi connectivity index (χ0n) is 20.1. The minimum absolute atomic E-state index is 0.0400. The van der Waals surface area contributed by atoms with E-state index in [0.717, 1.165) is 22.3 Å². The number of nitrogen functional groups attached to an aromatic ring is 1. The second kappa shape index (κ2) is 10.4. The van der Waals surface area contributed by atoms with Crippen molar-refractivity contribution >= 4 is 29.2 Å². The van der Waals surface area contributed by atoms with Crippen LogP contribution in [-0.4, -0.2) is 26.8 Å². The summed E-state index contributed by atoms with van der Waals surface area (Å²) in [5.74, 6) is 0.372. The monoisotopic (exact) mass is 514 g/mol. The van der Waals surface area contributed by atoms with Crippen molar-refractivity contribution in [2.45, 2.75) is 31.7 Å². The Labute approximate surface area is 219 Å². The number of imidazole rings is 1. The van der Waals surface area contributed by atoms with Crippen LogP contribution in [0.15, 0.2) is 66.9 Å². The third-order valence-corrected chi connectivity index (χ3v) is 7.09. The molecule has 0 fully saturated rings. The van der Waals surface area contributed by atoms with Crippen LogP contribution in [0.1, 0.15) is 45.3 Å². The summed E-state index contributed by atoms with van der Waals surface area (Å²) < 4.78 is 0. The number of rotatable bonds is 7. The van der Waals surface area contributed by atoms with Gasteiger partial charge in [-0.3, -0.25) is 9.59 Å². The number of hydrogen-bond donors (Lipinski definition) is 4. The number of carbonyl (C=O) groups excluding carboxylic acids is 2. The molecule has 4 aromatic rings. The lowest BCUT2D eigenvalue weighted by molar-refractivity contribution is -0.126. The second-order valence-corrected chi connectivity index (χ2v) is 9.63. The Balaban J connectivity index is 1.40.